The standard InChI is InChI=1S/C15H19NO2/c1-18-15-7-11-5-6-16-14(9-17)12(11)8-13(15)10-3-2-4-10/h7-10,14,16H,2-6H2,1H3. The van der Waals surface area contributed by atoms with Gasteiger partial charge in [0, 0.05) is 6.54 Å². The van der Waals surface area contributed by atoms with Gasteiger partial charge < -0.3 is 14.8 Å². The monoisotopic (exact) mass is 245 g/mol. The number of carbonyl (C=O) groups excluding carboxylic acids is 1. The molecule has 1 unspecified atom stereocenters. The second-order valence-corrected chi connectivity index (χ2v) is 5.24. The minimum atomic E-state index is -0.140. The van der Waals surface area contributed by atoms with Gasteiger partial charge in [0.1, 0.15) is 12.0 Å². The highest BCUT2D eigenvalue weighted by Crippen LogP contribution is 2.43. The van der Waals surface area contributed by atoms with E-state index in [4.69, 9.17) is 4.74 Å². The summed E-state index contributed by atoms with van der Waals surface area (Å²) in [7, 11) is 1.74. The Morgan fingerprint density at radius 2 is 2.17 bits per heavy atom. The van der Waals surface area contributed by atoms with Gasteiger partial charge in [-0.05, 0) is 54.0 Å². The van der Waals surface area contributed by atoms with E-state index in [0.717, 1.165) is 30.6 Å². The maximum Gasteiger partial charge on any atom is 0.141 e. The lowest BCUT2D eigenvalue weighted by atomic mass is 9.77. The van der Waals surface area contributed by atoms with Crippen LogP contribution in [0.25, 0.3) is 0 Å². The van der Waals surface area contributed by atoms with E-state index in [2.05, 4.69) is 17.4 Å². The van der Waals surface area contributed by atoms with E-state index in [9.17, 15) is 4.79 Å². The summed E-state index contributed by atoms with van der Waals surface area (Å²) in [4.78, 5) is 11.1. The molecule has 1 aliphatic heterocycles. The molecule has 1 heterocycles. The molecule has 0 bridgehead atoms. The molecular weight excluding hydrogens is 226 g/mol. The summed E-state index contributed by atoms with van der Waals surface area (Å²) in [6.45, 7) is 0.863. The van der Waals surface area contributed by atoms with E-state index in [1.165, 1.54) is 30.4 Å². The fourth-order valence-electron chi connectivity index (χ4n) is 2.97. The van der Waals surface area contributed by atoms with Crippen molar-refractivity contribution in [1.82, 2.24) is 5.32 Å². The fraction of sp³-hybridized carbons (Fsp3) is 0.533. The first-order valence-corrected chi connectivity index (χ1v) is 6.73. The van der Waals surface area contributed by atoms with Crippen molar-refractivity contribution in [2.45, 2.75) is 37.6 Å². The first kappa shape index (κ1) is 11.7. The molecule has 3 heteroatoms. The normalized spacial score (nSPS) is 23.1. The first-order chi connectivity index (χ1) is 8.83. The molecule has 1 fully saturated rings. The number of hydrogen-bond donors (Lipinski definition) is 1. The van der Waals surface area contributed by atoms with Crippen LogP contribution in [0.2, 0.25) is 0 Å². The van der Waals surface area contributed by atoms with Gasteiger partial charge in [-0.2, -0.15) is 0 Å². The van der Waals surface area contributed by atoms with Gasteiger partial charge in [-0.15, -0.1) is 0 Å². The van der Waals surface area contributed by atoms with Gasteiger partial charge in [-0.25, -0.2) is 0 Å². The molecule has 2 aliphatic rings. The van der Waals surface area contributed by atoms with Gasteiger partial charge in [-0.1, -0.05) is 6.42 Å². The summed E-state index contributed by atoms with van der Waals surface area (Å²) in [5, 5.41) is 3.26. The van der Waals surface area contributed by atoms with Crippen LogP contribution in [0.1, 0.15) is 47.9 Å². The highest BCUT2D eigenvalue weighted by atomic mass is 16.5. The molecule has 96 valence electrons. The summed E-state index contributed by atoms with van der Waals surface area (Å²) in [6, 6.07) is 4.20. The van der Waals surface area contributed by atoms with Crippen molar-refractivity contribution in [3.8, 4) is 5.75 Å². The smallest absolute Gasteiger partial charge is 0.141 e. The first-order valence-electron chi connectivity index (χ1n) is 6.73. The Hall–Kier alpha value is -1.35. The lowest BCUT2D eigenvalue weighted by Crippen LogP contribution is -2.31. The van der Waals surface area contributed by atoms with Crippen LogP contribution >= 0.6 is 0 Å². The third-order valence-corrected chi connectivity index (χ3v) is 4.27. The molecule has 1 aliphatic carbocycles. The highest BCUT2D eigenvalue weighted by Gasteiger charge is 2.27. The van der Waals surface area contributed by atoms with Crippen LogP contribution in [0.4, 0.5) is 0 Å². The molecule has 0 radical (unpaired) electrons. The average molecular weight is 245 g/mol. The highest BCUT2D eigenvalue weighted by molar-refractivity contribution is 5.65. The Morgan fingerprint density at radius 3 is 2.78 bits per heavy atom. The molecule has 1 aromatic carbocycles. The number of carbonyl (C=O) groups is 1. The molecule has 0 spiro atoms. The van der Waals surface area contributed by atoms with Gasteiger partial charge in [0.15, 0.2) is 0 Å². The van der Waals surface area contributed by atoms with Gasteiger partial charge >= 0.3 is 0 Å². The number of methoxy groups -OCH3 is 1. The largest absolute Gasteiger partial charge is 0.496 e. The number of rotatable bonds is 3. The van der Waals surface area contributed by atoms with Crippen LogP contribution in [-0.2, 0) is 11.2 Å². The summed E-state index contributed by atoms with van der Waals surface area (Å²) < 4.78 is 5.53. The predicted molar refractivity (Wildman–Crippen MR) is 70.1 cm³/mol. The third-order valence-electron chi connectivity index (χ3n) is 4.27. The second kappa shape index (κ2) is 4.73. The number of hydrogen-bond acceptors (Lipinski definition) is 3. The van der Waals surface area contributed by atoms with Crippen molar-refractivity contribution >= 4 is 6.29 Å². The van der Waals surface area contributed by atoms with Gasteiger partial charge in [-0.3, -0.25) is 0 Å². The zero-order valence-electron chi connectivity index (χ0n) is 10.7. The topological polar surface area (TPSA) is 38.3 Å². The fourth-order valence-corrected chi connectivity index (χ4v) is 2.97. The summed E-state index contributed by atoms with van der Waals surface area (Å²) >= 11 is 0. The minimum Gasteiger partial charge on any atom is -0.496 e. The van der Waals surface area contributed by atoms with Gasteiger partial charge in [0.25, 0.3) is 0 Å². The van der Waals surface area contributed by atoms with Crippen LogP contribution in [-0.4, -0.2) is 19.9 Å². The Kier molecular flexibility index (Phi) is 3.08. The van der Waals surface area contributed by atoms with Crippen molar-refractivity contribution < 1.29 is 9.53 Å². The molecule has 1 aromatic rings. The van der Waals surface area contributed by atoms with Crippen LogP contribution in [0, 0.1) is 0 Å². The van der Waals surface area contributed by atoms with Gasteiger partial charge in [0.2, 0.25) is 0 Å². The molecule has 1 atom stereocenters. The van der Waals surface area contributed by atoms with Crippen LogP contribution in [0.15, 0.2) is 12.1 Å². The van der Waals surface area contributed by atoms with Crippen LogP contribution in [0.5, 0.6) is 5.75 Å². The zero-order chi connectivity index (χ0) is 12.5. The van der Waals surface area contributed by atoms with Crippen LogP contribution in [0.3, 0.4) is 0 Å². The molecule has 0 saturated heterocycles. The zero-order valence-corrected chi connectivity index (χ0v) is 10.7. The Bertz CT molecular complexity index is 466. The summed E-state index contributed by atoms with van der Waals surface area (Å²) in [5.74, 6) is 1.63. The molecule has 3 nitrogen and oxygen atoms in total. The molecule has 1 N–H and O–H groups in total. The maximum atomic E-state index is 11.1. The number of ether oxygens (including phenoxy) is 1. The molecule has 3 rings (SSSR count). The number of aldehydes is 1. The Morgan fingerprint density at radius 1 is 1.33 bits per heavy atom. The summed E-state index contributed by atoms with van der Waals surface area (Å²) in [6.07, 6.45) is 5.78. The molecule has 18 heavy (non-hydrogen) atoms. The van der Waals surface area contributed by atoms with E-state index in [-0.39, 0.29) is 6.04 Å². The SMILES string of the molecule is COc1cc2c(cc1C1CCC1)C(C=O)NCC2. The predicted octanol–water partition coefficient (Wildman–Crippen LogP) is 2.35. The Labute approximate surface area is 108 Å². The van der Waals surface area contributed by atoms with Crippen molar-refractivity contribution in [1.29, 1.82) is 0 Å². The summed E-state index contributed by atoms with van der Waals surface area (Å²) in [5.41, 5.74) is 3.70. The molecular formula is C15H19NO2. The number of fused-ring (bicyclic) bond motifs is 1. The molecule has 0 aromatic heterocycles. The molecule has 0 amide bonds. The van der Waals surface area contributed by atoms with Crippen LogP contribution < -0.4 is 10.1 Å². The number of benzene rings is 1. The minimum absolute atomic E-state index is 0.140. The number of nitrogens with one attached hydrogen (secondary N) is 1. The lowest BCUT2D eigenvalue weighted by Gasteiger charge is -2.31. The quantitative estimate of drug-likeness (QED) is 0.831. The van der Waals surface area contributed by atoms with E-state index in [1.807, 2.05) is 0 Å². The van der Waals surface area contributed by atoms with Crippen molar-refractivity contribution in [2.75, 3.05) is 13.7 Å². The molecule has 1 saturated carbocycles. The van der Waals surface area contributed by atoms with E-state index >= 15 is 0 Å². The van der Waals surface area contributed by atoms with Crippen molar-refractivity contribution in [3.63, 3.8) is 0 Å². The third kappa shape index (κ3) is 1.83. The Balaban J connectivity index is 2.05. The van der Waals surface area contributed by atoms with E-state index in [0.29, 0.717) is 5.92 Å². The lowest BCUT2D eigenvalue weighted by molar-refractivity contribution is -0.109. The second-order valence-electron chi connectivity index (χ2n) is 5.24. The van der Waals surface area contributed by atoms with Crippen molar-refractivity contribution in [2.24, 2.45) is 0 Å². The van der Waals surface area contributed by atoms with E-state index < -0.39 is 0 Å². The van der Waals surface area contributed by atoms with Gasteiger partial charge in [0.05, 0.1) is 13.2 Å². The maximum absolute atomic E-state index is 11.1. The average Bonchev–Trinajstić information content (AvgIpc) is 2.35. The van der Waals surface area contributed by atoms with E-state index in [1.54, 1.807) is 7.11 Å². The van der Waals surface area contributed by atoms with Crippen molar-refractivity contribution in [3.05, 3.63) is 28.8 Å².